The zero-order valence-electron chi connectivity index (χ0n) is 16.2. The van der Waals surface area contributed by atoms with Gasteiger partial charge in [0.05, 0.1) is 24.0 Å². The molecular weight excluding hydrogens is 522 g/mol. The molecule has 2 amide bonds. The minimum Gasteiger partial charge on any atom is -0.448 e. The standard InChI is InChI=1S/C21H15Cl5N2O4/c22-11-5-10(6-12(23)7-11)17-18(21(17,25)26)19(30)27-13-1-2-15(24)14(8-13)16(29)9-28-3-4-32-20(28)31/h1-2,5-8,17-18H,3-4,9H2,(H,27,30). The van der Waals surface area contributed by atoms with Gasteiger partial charge in [0.15, 0.2) is 5.78 Å². The van der Waals surface area contributed by atoms with Gasteiger partial charge in [0, 0.05) is 27.2 Å². The molecule has 1 N–H and O–H groups in total. The average molecular weight is 537 g/mol. The zero-order valence-corrected chi connectivity index (χ0v) is 20.0. The average Bonchev–Trinajstić information content (AvgIpc) is 3.07. The number of halogens is 5. The van der Waals surface area contributed by atoms with Crippen molar-refractivity contribution >= 4 is 81.5 Å². The second-order valence-electron chi connectivity index (χ2n) is 7.48. The number of carbonyl (C=O) groups excluding carboxylic acids is 3. The van der Waals surface area contributed by atoms with Gasteiger partial charge in [-0.2, -0.15) is 0 Å². The number of cyclic esters (lactones) is 1. The third-order valence-electron chi connectivity index (χ3n) is 5.29. The minimum atomic E-state index is -1.33. The number of nitrogens with one attached hydrogen (secondary N) is 1. The molecule has 1 aliphatic heterocycles. The summed E-state index contributed by atoms with van der Waals surface area (Å²) in [6, 6.07) is 9.38. The number of nitrogens with zero attached hydrogens (tertiary/aromatic N) is 1. The SMILES string of the molecule is O=C(CN1CCOC1=O)c1cc(NC(=O)C2C(c3cc(Cl)cc(Cl)c3)C2(Cl)Cl)ccc1Cl. The number of amides is 2. The minimum absolute atomic E-state index is 0.168. The molecule has 1 saturated carbocycles. The van der Waals surface area contributed by atoms with E-state index in [0.717, 1.165) is 0 Å². The first-order chi connectivity index (χ1) is 15.1. The van der Waals surface area contributed by atoms with Crippen LogP contribution in [0.1, 0.15) is 21.8 Å². The molecule has 11 heteroatoms. The molecule has 1 aliphatic carbocycles. The fourth-order valence-corrected chi connectivity index (χ4v) is 5.28. The number of hydrogen-bond acceptors (Lipinski definition) is 4. The highest BCUT2D eigenvalue weighted by Gasteiger charge is 2.67. The van der Waals surface area contributed by atoms with E-state index in [0.29, 0.717) is 27.8 Å². The summed E-state index contributed by atoms with van der Waals surface area (Å²) in [5.74, 6) is -2.07. The fraction of sp³-hybridized carbons (Fsp3) is 0.286. The normalized spacial score (nSPS) is 21.3. The largest absolute Gasteiger partial charge is 0.448 e. The van der Waals surface area contributed by atoms with E-state index in [9.17, 15) is 14.4 Å². The van der Waals surface area contributed by atoms with Crippen LogP contribution in [0.5, 0.6) is 0 Å². The van der Waals surface area contributed by atoms with Gasteiger partial charge in [-0.05, 0) is 42.0 Å². The number of alkyl halides is 2. The molecule has 2 aliphatic rings. The Balaban J connectivity index is 1.49. The van der Waals surface area contributed by atoms with Crippen LogP contribution in [0.15, 0.2) is 36.4 Å². The van der Waals surface area contributed by atoms with E-state index >= 15 is 0 Å². The molecule has 1 saturated heterocycles. The molecule has 32 heavy (non-hydrogen) atoms. The van der Waals surface area contributed by atoms with Gasteiger partial charge in [0.2, 0.25) is 5.91 Å². The fourth-order valence-electron chi connectivity index (χ4n) is 3.69. The van der Waals surface area contributed by atoms with E-state index in [4.69, 9.17) is 62.7 Å². The van der Waals surface area contributed by atoms with Crippen molar-refractivity contribution in [3.05, 3.63) is 62.6 Å². The van der Waals surface area contributed by atoms with Gasteiger partial charge in [-0.25, -0.2) is 4.79 Å². The first kappa shape index (κ1) is 23.5. The van der Waals surface area contributed by atoms with E-state index in [2.05, 4.69) is 5.32 Å². The lowest BCUT2D eigenvalue weighted by molar-refractivity contribution is -0.117. The third-order valence-corrected chi connectivity index (χ3v) is 7.00. The Kier molecular flexibility index (Phi) is 6.54. The molecule has 2 atom stereocenters. The molecule has 1 heterocycles. The molecule has 2 fully saturated rings. The zero-order chi connectivity index (χ0) is 23.2. The van der Waals surface area contributed by atoms with Crippen molar-refractivity contribution in [3.8, 4) is 0 Å². The van der Waals surface area contributed by atoms with Gasteiger partial charge in [-0.15, -0.1) is 23.2 Å². The smallest absolute Gasteiger partial charge is 0.410 e. The highest BCUT2D eigenvalue weighted by molar-refractivity contribution is 6.53. The van der Waals surface area contributed by atoms with Crippen molar-refractivity contribution < 1.29 is 19.1 Å². The highest BCUT2D eigenvalue weighted by Crippen LogP contribution is 2.65. The molecule has 6 nitrogen and oxygen atoms in total. The van der Waals surface area contributed by atoms with Crippen LogP contribution in [0.3, 0.4) is 0 Å². The summed E-state index contributed by atoms with van der Waals surface area (Å²) >= 11 is 31.0. The van der Waals surface area contributed by atoms with Crippen molar-refractivity contribution in [1.29, 1.82) is 0 Å². The van der Waals surface area contributed by atoms with Gasteiger partial charge in [0.1, 0.15) is 10.9 Å². The number of rotatable bonds is 6. The lowest BCUT2D eigenvalue weighted by atomic mass is 10.1. The van der Waals surface area contributed by atoms with Crippen LogP contribution in [0.2, 0.25) is 15.1 Å². The molecule has 4 rings (SSSR count). The summed E-state index contributed by atoms with van der Waals surface area (Å²) in [6.07, 6.45) is -0.555. The Morgan fingerprint density at radius 3 is 2.41 bits per heavy atom. The summed E-state index contributed by atoms with van der Waals surface area (Å²) in [5, 5.41) is 3.74. The quantitative estimate of drug-likeness (QED) is 0.374. The predicted octanol–water partition coefficient (Wildman–Crippen LogP) is 5.81. The molecule has 2 aromatic carbocycles. The van der Waals surface area contributed by atoms with Crippen LogP contribution < -0.4 is 5.32 Å². The monoisotopic (exact) mass is 534 g/mol. The first-order valence-electron chi connectivity index (χ1n) is 9.47. The predicted molar refractivity (Wildman–Crippen MR) is 124 cm³/mol. The van der Waals surface area contributed by atoms with Crippen LogP contribution >= 0.6 is 58.0 Å². The number of ketones is 1. The Bertz CT molecular complexity index is 1100. The van der Waals surface area contributed by atoms with Gasteiger partial charge in [-0.1, -0.05) is 34.8 Å². The second-order valence-corrected chi connectivity index (χ2v) is 10.2. The van der Waals surface area contributed by atoms with Crippen LogP contribution in [-0.4, -0.2) is 46.7 Å². The van der Waals surface area contributed by atoms with Crippen molar-refractivity contribution in [2.45, 2.75) is 10.3 Å². The van der Waals surface area contributed by atoms with Crippen LogP contribution in [0, 0.1) is 5.92 Å². The van der Waals surface area contributed by atoms with Gasteiger partial charge >= 0.3 is 6.09 Å². The van der Waals surface area contributed by atoms with Crippen LogP contribution in [-0.2, 0) is 9.53 Å². The number of benzene rings is 2. The Labute approximate surface area is 208 Å². The lowest BCUT2D eigenvalue weighted by Crippen LogP contribution is -2.30. The number of anilines is 1. The van der Waals surface area contributed by atoms with Crippen molar-refractivity contribution in [3.63, 3.8) is 0 Å². The van der Waals surface area contributed by atoms with E-state index in [1.165, 1.54) is 17.0 Å². The summed E-state index contributed by atoms with van der Waals surface area (Å²) in [5.41, 5.74) is 1.16. The second kappa shape index (κ2) is 8.92. The Hall–Kier alpha value is -1.70. The Morgan fingerprint density at radius 1 is 1.09 bits per heavy atom. The maximum atomic E-state index is 12.9. The number of carbonyl (C=O) groups is 3. The lowest BCUT2D eigenvalue weighted by Gasteiger charge is -2.13. The van der Waals surface area contributed by atoms with Crippen molar-refractivity contribution in [1.82, 2.24) is 4.90 Å². The van der Waals surface area contributed by atoms with Crippen LogP contribution in [0.4, 0.5) is 10.5 Å². The number of ether oxygens (including phenoxy) is 1. The van der Waals surface area contributed by atoms with Crippen LogP contribution in [0.25, 0.3) is 0 Å². The highest BCUT2D eigenvalue weighted by atomic mass is 35.5. The summed E-state index contributed by atoms with van der Waals surface area (Å²) < 4.78 is 3.49. The first-order valence-corrected chi connectivity index (χ1v) is 11.4. The molecule has 168 valence electrons. The molecular formula is C21H15Cl5N2O4. The van der Waals surface area contributed by atoms with E-state index in [1.54, 1.807) is 24.3 Å². The van der Waals surface area contributed by atoms with Gasteiger partial charge < -0.3 is 10.1 Å². The number of hydrogen-bond donors (Lipinski definition) is 1. The van der Waals surface area contributed by atoms with Gasteiger partial charge in [-0.3, -0.25) is 14.5 Å². The molecule has 0 radical (unpaired) electrons. The van der Waals surface area contributed by atoms with E-state index in [-0.39, 0.29) is 29.5 Å². The van der Waals surface area contributed by atoms with Gasteiger partial charge in [0.25, 0.3) is 0 Å². The topological polar surface area (TPSA) is 75.7 Å². The molecule has 0 spiro atoms. The molecule has 0 bridgehead atoms. The summed E-state index contributed by atoms with van der Waals surface area (Å²) in [4.78, 5) is 38.4. The summed E-state index contributed by atoms with van der Waals surface area (Å²) in [7, 11) is 0. The van der Waals surface area contributed by atoms with Crippen molar-refractivity contribution in [2.75, 3.05) is 25.0 Å². The molecule has 2 unspecified atom stereocenters. The third kappa shape index (κ3) is 4.66. The number of Topliss-reactive ketones (excluding diaryl/α,β-unsaturated/α-hetero) is 1. The van der Waals surface area contributed by atoms with E-state index < -0.39 is 28.2 Å². The van der Waals surface area contributed by atoms with E-state index in [1.807, 2.05) is 0 Å². The maximum Gasteiger partial charge on any atom is 0.410 e. The maximum absolute atomic E-state index is 12.9. The Morgan fingerprint density at radius 2 is 1.78 bits per heavy atom. The summed E-state index contributed by atoms with van der Waals surface area (Å²) in [6.45, 7) is 0.375. The molecule has 0 aromatic heterocycles. The van der Waals surface area contributed by atoms with Crippen molar-refractivity contribution in [2.24, 2.45) is 5.92 Å². The molecule has 2 aromatic rings.